The van der Waals surface area contributed by atoms with Crippen molar-refractivity contribution in [2.45, 2.75) is 13.0 Å². The Hall–Kier alpha value is -2.45. The molecular weight excluding hydrogens is 270 g/mol. The summed E-state index contributed by atoms with van der Waals surface area (Å²) in [6.07, 6.45) is 1.74. The summed E-state index contributed by atoms with van der Waals surface area (Å²) in [7, 11) is 1.75. The lowest BCUT2D eigenvalue weighted by Gasteiger charge is -2.20. The van der Waals surface area contributed by atoms with Crippen molar-refractivity contribution in [1.82, 2.24) is 4.98 Å². The van der Waals surface area contributed by atoms with Gasteiger partial charge in [0.15, 0.2) is 0 Å². The third-order valence-electron chi connectivity index (χ3n) is 3.85. The molecule has 0 saturated heterocycles. The molecule has 0 bridgehead atoms. The van der Waals surface area contributed by atoms with Crippen LogP contribution in [0.1, 0.15) is 22.8 Å². The molecule has 0 aliphatic carbocycles. The molecule has 0 N–H and O–H groups in total. The molecule has 0 aliphatic heterocycles. The van der Waals surface area contributed by atoms with Crippen molar-refractivity contribution in [2.24, 2.45) is 0 Å². The molecule has 2 nitrogen and oxygen atoms in total. The third kappa shape index (κ3) is 2.78. The monoisotopic (exact) mass is 289 g/mol. The van der Waals surface area contributed by atoms with Crippen LogP contribution in [0, 0.1) is 6.92 Å². The van der Waals surface area contributed by atoms with Gasteiger partial charge in [0.05, 0.1) is 5.69 Å². The highest BCUT2D eigenvalue weighted by Gasteiger charge is 2.18. The fourth-order valence-electron chi connectivity index (χ4n) is 2.78. The van der Waals surface area contributed by atoms with Gasteiger partial charge in [-0.3, -0.25) is 4.98 Å². The first kappa shape index (κ1) is 14.5. The molecule has 2 heteroatoms. The number of methoxy groups -OCH3 is 1. The molecule has 0 amide bonds. The number of aromatic nitrogens is 1. The molecular formula is C20H19NO. The van der Waals surface area contributed by atoms with Gasteiger partial charge in [-0.2, -0.15) is 0 Å². The predicted molar refractivity (Wildman–Crippen MR) is 89.7 cm³/mol. The van der Waals surface area contributed by atoms with Gasteiger partial charge in [0, 0.05) is 18.9 Å². The fraction of sp³-hybridized carbons (Fsp3) is 0.150. The van der Waals surface area contributed by atoms with Gasteiger partial charge in [-0.1, -0.05) is 60.7 Å². The maximum atomic E-state index is 5.80. The van der Waals surface area contributed by atoms with Crippen LogP contribution in [-0.4, -0.2) is 12.1 Å². The molecule has 0 saturated carbocycles. The normalized spacial score (nSPS) is 12.1. The Morgan fingerprint density at radius 3 is 2.32 bits per heavy atom. The smallest absolute Gasteiger partial charge is 0.108 e. The first-order valence-electron chi connectivity index (χ1n) is 7.40. The Kier molecular flexibility index (Phi) is 4.31. The second-order valence-corrected chi connectivity index (χ2v) is 5.28. The van der Waals surface area contributed by atoms with Crippen molar-refractivity contribution in [3.8, 4) is 11.3 Å². The molecule has 0 radical (unpaired) electrons. The molecule has 1 heterocycles. The van der Waals surface area contributed by atoms with E-state index in [0.717, 1.165) is 27.9 Å². The molecule has 0 unspecified atom stereocenters. The van der Waals surface area contributed by atoms with Crippen LogP contribution in [0.2, 0.25) is 0 Å². The first-order valence-corrected chi connectivity index (χ1v) is 7.40. The number of hydrogen-bond donors (Lipinski definition) is 0. The van der Waals surface area contributed by atoms with Gasteiger partial charge in [0.25, 0.3) is 0 Å². The first-order chi connectivity index (χ1) is 10.8. The second kappa shape index (κ2) is 6.54. The lowest BCUT2D eigenvalue weighted by atomic mass is 9.93. The van der Waals surface area contributed by atoms with Crippen molar-refractivity contribution in [2.75, 3.05) is 7.11 Å². The molecule has 1 aromatic heterocycles. The van der Waals surface area contributed by atoms with E-state index in [4.69, 9.17) is 4.74 Å². The van der Waals surface area contributed by atoms with Crippen molar-refractivity contribution < 1.29 is 4.74 Å². The van der Waals surface area contributed by atoms with E-state index in [1.807, 2.05) is 42.6 Å². The predicted octanol–water partition coefficient (Wildman–Crippen LogP) is 4.79. The van der Waals surface area contributed by atoms with Crippen molar-refractivity contribution in [3.63, 3.8) is 0 Å². The highest BCUT2D eigenvalue weighted by Crippen LogP contribution is 2.33. The van der Waals surface area contributed by atoms with Crippen molar-refractivity contribution >= 4 is 0 Å². The molecule has 22 heavy (non-hydrogen) atoms. The van der Waals surface area contributed by atoms with Crippen molar-refractivity contribution in [1.29, 1.82) is 0 Å². The molecule has 2 aromatic carbocycles. The molecule has 0 aliphatic rings. The second-order valence-electron chi connectivity index (χ2n) is 5.28. The molecule has 1 atom stereocenters. The highest BCUT2D eigenvalue weighted by molar-refractivity contribution is 5.67. The van der Waals surface area contributed by atoms with Gasteiger partial charge in [-0.05, 0) is 29.7 Å². The fourth-order valence-corrected chi connectivity index (χ4v) is 2.78. The van der Waals surface area contributed by atoms with E-state index in [2.05, 4.69) is 42.2 Å². The third-order valence-corrected chi connectivity index (χ3v) is 3.85. The Morgan fingerprint density at radius 1 is 0.864 bits per heavy atom. The van der Waals surface area contributed by atoms with E-state index in [1.165, 1.54) is 0 Å². The van der Waals surface area contributed by atoms with Crippen LogP contribution < -0.4 is 0 Å². The SMILES string of the molecule is CO[C@H](c1ccccc1)c1ccccc1-c1ncccc1C. The van der Waals surface area contributed by atoms with Crippen LogP contribution in [0.4, 0.5) is 0 Å². The zero-order valence-electron chi connectivity index (χ0n) is 12.9. The molecule has 0 spiro atoms. The minimum Gasteiger partial charge on any atom is -0.372 e. The average Bonchev–Trinajstić information content (AvgIpc) is 2.58. The summed E-state index contributed by atoms with van der Waals surface area (Å²) >= 11 is 0. The maximum absolute atomic E-state index is 5.80. The zero-order chi connectivity index (χ0) is 15.4. The minimum atomic E-state index is -0.0983. The lowest BCUT2D eigenvalue weighted by molar-refractivity contribution is 0.137. The van der Waals surface area contributed by atoms with E-state index in [-0.39, 0.29) is 6.10 Å². The summed E-state index contributed by atoms with van der Waals surface area (Å²) in [6, 6.07) is 22.7. The van der Waals surface area contributed by atoms with Crippen LogP contribution in [0.5, 0.6) is 0 Å². The maximum Gasteiger partial charge on any atom is 0.108 e. The van der Waals surface area contributed by atoms with Crippen molar-refractivity contribution in [3.05, 3.63) is 89.6 Å². The summed E-state index contributed by atoms with van der Waals surface area (Å²) in [6.45, 7) is 2.09. The average molecular weight is 289 g/mol. The number of pyridine rings is 1. The van der Waals surface area contributed by atoms with Crippen LogP contribution in [-0.2, 0) is 4.74 Å². The van der Waals surface area contributed by atoms with Gasteiger partial charge in [-0.25, -0.2) is 0 Å². The summed E-state index contributed by atoms with van der Waals surface area (Å²) in [4.78, 5) is 4.56. The van der Waals surface area contributed by atoms with Crippen LogP contribution in [0.25, 0.3) is 11.3 Å². The summed E-state index contributed by atoms with van der Waals surface area (Å²) in [5, 5.41) is 0. The lowest BCUT2D eigenvalue weighted by Crippen LogP contribution is -2.06. The number of nitrogens with zero attached hydrogens (tertiary/aromatic N) is 1. The van der Waals surface area contributed by atoms with E-state index in [0.29, 0.717) is 0 Å². The quantitative estimate of drug-likeness (QED) is 0.688. The number of aryl methyl sites for hydroxylation is 1. The number of rotatable bonds is 4. The standard InChI is InChI=1S/C20H19NO/c1-15-9-8-14-21-19(15)17-12-6-7-13-18(17)20(22-2)16-10-4-3-5-11-16/h3-14,20H,1-2H3/t20-/m1/s1. The Labute approximate surface area is 131 Å². The van der Waals surface area contributed by atoms with E-state index >= 15 is 0 Å². The van der Waals surface area contributed by atoms with Crippen LogP contribution in [0.15, 0.2) is 72.9 Å². The van der Waals surface area contributed by atoms with Crippen LogP contribution in [0.3, 0.4) is 0 Å². The summed E-state index contributed by atoms with van der Waals surface area (Å²) < 4.78 is 5.80. The number of benzene rings is 2. The van der Waals surface area contributed by atoms with Gasteiger partial charge in [-0.15, -0.1) is 0 Å². The highest BCUT2D eigenvalue weighted by atomic mass is 16.5. The summed E-state index contributed by atoms with van der Waals surface area (Å²) in [5.74, 6) is 0. The van der Waals surface area contributed by atoms with Gasteiger partial charge >= 0.3 is 0 Å². The Morgan fingerprint density at radius 2 is 1.59 bits per heavy atom. The minimum absolute atomic E-state index is 0.0983. The van der Waals surface area contributed by atoms with E-state index in [1.54, 1.807) is 7.11 Å². The number of hydrogen-bond acceptors (Lipinski definition) is 2. The van der Waals surface area contributed by atoms with Gasteiger partial charge in [0.2, 0.25) is 0 Å². The van der Waals surface area contributed by atoms with E-state index < -0.39 is 0 Å². The van der Waals surface area contributed by atoms with E-state index in [9.17, 15) is 0 Å². The summed E-state index contributed by atoms with van der Waals surface area (Å²) in [5.41, 5.74) is 5.58. The molecule has 0 fully saturated rings. The number of ether oxygens (including phenoxy) is 1. The molecule has 3 rings (SSSR count). The Balaban J connectivity index is 2.14. The Bertz CT molecular complexity index is 752. The zero-order valence-corrected chi connectivity index (χ0v) is 12.9. The molecule has 110 valence electrons. The topological polar surface area (TPSA) is 22.1 Å². The van der Waals surface area contributed by atoms with Gasteiger partial charge < -0.3 is 4.74 Å². The van der Waals surface area contributed by atoms with Crippen LogP contribution >= 0.6 is 0 Å². The van der Waals surface area contributed by atoms with Gasteiger partial charge in [0.1, 0.15) is 6.10 Å². The largest absolute Gasteiger partial charge is 0.372 e. The molecule has 3 aromatic rings.